The van der Waals surface area contributed by atoms with Crippen LogP contribution in [0.2, 0.25) is 0 Å². The van der Waals surface area contributed by atoms with E-state index in [-0.39, 0.29) is 37.0 Å². The van der Waals surface area contributed by atoms with Gasteiger partial charge in [-0.25, -0.2) is 4.79 Å². The molecule has 2 aromatic rings. The van der Waals surface area contributed by atoms with Gasteiger partial charge in [-0.3, -0.25) is 0 Å². The van der Waals surface area contributed by atoms with E-state index in [1.165, 1.54) is 0 Å². The molecule has 2 aliphatic heterocycles. The van der Waals surface area contributed by atoms with E-state index < -0.39 is 5.79 Å². The molecule has 5 heteroatoms. The molecule has 4 atom stereocenters. The molecule has 0 unspecified atom stereocenters. The van der Waals surface area contributed by atoms with E-state index in [0.29, 0.717) is 5.56 Å². The number of carbonyl (C=O) groups is 1. The first-order valence-electron chi connectivity index (χ1n) is 8.82. The van der Waals surface area contributed by atoms with Gasteiger partial charge >= 0.3 is 5.97 Å². The zero-order valence-corrected chi connectivity index (χ0v) is 14.8. The lowest BCUT2D eigenvalue weighted by Gasteiger charge is -2.24. The van der Waals surface area contributed by atoms with Gasteiger partial charge in [0.25, 0.3) is 0 Å². The molecule has 0 aromatic heterocycles. The molecule has 2 aromatic carbocycles. The summed E-state index contributed by atoms with van der Waals surface area (Å²) in [5.41, 5.74) is 1.55. The third-order valence-corrected chi connectivity index (χ3v) is 4.67. The third kappa shape index (κ3) is 3.38. The number of esters is 1. The van der Waals surface area contributed by atoms with Crippen molar-refractivity contribution in [2.45, 2.75) is 44.1 Å². The quantitative estimate of drug-likeness (QED) is 0.787. The Kier molecular flexibility index (Phi) is 4.53. The fourth-order valence-corrected chi connectivity index (χ4v) is 3.54. The van der Waals surface area contributed by atoms with Gasteiger partial charge in [-0.15, -0.1) is 0 Å². The minimum absolute atomic E-state index is 0.123. The topological polar surface area (TPSA) is 54.0 Å². The molecule has 2 aliphatic rings. The maximum atomic E-state index is 12.2. The van der Waals surface area contributed by atoms with Gasteiger partial charge in [-0.2, -0.15) is 0 Å². The summed E-state index contributed by atoms with van der Waals surface area (Å²) in [5, 5.41) is 0. The van der Waals surface area contributed by atoms with Gasteiger partial charge in [0.05, 0.1) is 5.56 Å². The first-order valence-corrected chi connectivity index (χ1v) is 8.82. The third-order valence-electron chi connectivity index (χ3n) is 4.67. The average Bonchev–Trinajstić information content (AvgIpc) is 3.14. The lowest BCUT2D eigenvalue weighted by Crippen LogP contribution is -2.33. The summed E-state index contributed by atoms with van der Waals surface area (Å²) in [6.45, 7) is 3.90. The van der Waals surface area contributed by atoms with E-state index in [1.54, 1.807) is 24.3 Å². The fourth-order valence-electron chi connectivity index (χ4n) is 3.54. The van der Waals surface area contributed by atoms with Gasteiger partial charge < -0.3 is 18.9 Å². The van der Waals surface area contributed by atoms with E-state index in [0.717, 1.165) is 5.56 Å². The van der Waals surface area contributed by atoms with Crippen LogP contribution in [0.4, 0.5) is 0 Å². The molecule has 2 saturated heterocycles. The summed E-state index contributed by atoms with van der Waals surface area (Å²) >= 11 is 0. The Labute approximate surface area is 152 Å². The van der Waals surface area contributed by atoms with Crippen LogP contribution in [-0.2, 0) is 18.9 Å². The van der Waals surface area contributed by atoms with E-state index in [9.17, 15) is 4.79 Å². The lowest BCUT2D eigenvalue weighted by atomic mass is 10.0. The molecule has 136 valence electrons. The molecule has 0 spiro atoms. The van der Waals surface area contributed by atoms with Crippen LogP contribution in [0.1, 0.15) is 35.9 Å². The molecule has 0 N–H and O–H groups in total. The molecule has 0 radical (unpaired) electrons. The van der Waals surface area contributed by atoms with Crippen molar-refractivity contribution in [2.24, 2.45) is 0 Å². The smallest absolute Gasteiger partial charge is 0.338 e. The Morgan fingerprint density at radius 2 is 1.58 bits per heavy atom. The largest absolute Gasteiger partial charge is 0.459 e. The van der Waals surface area contributed by atoms with E-state index >= 15 is 0 Å². The van der Waals surface area contributed by atoms with Crippen molar-refractivity contribution >= 4 is 5.97 Å². The monoisotopic (exact) mass is 354 g/mol. The maximum absolute atomic E-state index is 12.2. The predicted molar refractivity (Wildman–Crippen MR) is 94.6 cm³/mol. The number of benzene rings is 2. The molecule has 0 aliphatic carbocycles. The van der Waals surface area contributed by atoms with Crippen LogP contribution in [0, 0.1) is 0 Å². The van der Waals surface area contributed by atoms with Crippen LogP contribution in [-0.4, -0.2) is 36.7 Å². The Morgan fingerprint density at radius 1 is 0.962 bits per heavy atom. The Bertz CT molecular complexity index is 758. The molecule has 0 saturated carbocycles. The molecule has 0 bridgehead atoms. The second kappa shape index (κ2) is 6.83. The Morgan fingerprint density at radius 3 is 2.27 bits per heavy atom. The van der Waals surface area contributed by atoms with E-state index in [4.69, 9.17) is 18.9 Å². The Hall–Kier alpha value is -2.21. The highest BCUT2D eigenvalue weighted by Crippen LogP contribution is 2.45. The minimum atomic E-state index is -0.687. The van der Waals surface area contributed by atoms with E-state index in [1.807, 2.05) is 50.2 Å². The van der Waals surface area contributed by atoms with Crippen molar-refractivity contribution in [1.29, 1.82) is 0 Å². The van der Waals surface area contributed by atoms with Crippen molar-refractivity contribution < 1.29 is 23.7 Å². The SMILES string of the molecule is CC1(C)O[C@@H]2[C@H](O1)[C@@H](COC(=O)c1ccccc1)O[C@@H]2c1ccccc1. The maximum Gasteiger partial charge on any atom is 0.338 e. The minimum Gasteiger partial charge on any atom is -0.459 e. The van der Waals surface area contributed by atoms with Crippen molar-refractivity contribution in [2.75, 3.05) is 6.61 Å². The number of fused-ring (bicyclic) bond motifs is 1. The molecular formula is C21H22O5. The van der Waals surface area contributed by atoms with Crippen LogP contribution in [0.25, 0.3) is 0 Å². The summed E-state index contributed by atoms with van der Waals surface area (Å²) in [6, 6.07) is 18.8. The highest BCUT2D eigenvalue weighted by atomic mass is 16.8. The summed E-state index contributed by atoms with van der Waals surface area (Å²) in [6.07, 6.45) is -1.13. The van der Waals surface area contributed by atoms with Gasteiger partial charge in [0, 0.05) is 0 Å². The van der Waals surface area contributed by atoms with Crippen LogP contribution < -0.4 is 0 Å². The van der Waals surface area contributed by atoms with E-state index in [2.05, 4.69) is 0 Å². The summed E-state index contributed by atoms with van der Waals surface area (Å²) < 4.78 is 23.8. The zero-order chi connectivity index (χ0) is 18.1. The van der Waals surface area contributed by atoms with Crippen molar-refractivity contribution in [1.82, 2.24) is 0 Å². The average molecular weight is 354 g/mol. The number of hydrogen-bond acceptors (Lipinski definition) is 5. The van der Waals surface area contributed by atoms with Crippen LogP contribution in [0.5, 0.6) is 0 Å². The molecule has 0 amide bonds. The highest BCUT2D eigenvalue weighted by Gasteiger charge is 2.55. The lowest BCUT2D eigenvalue weighted by molar-refractivity contribution is -0.191. The van der Waals surface area contributed by atoms with Gasteiger partial charge in [0.1, 0.15) is 31.0 Å². The highest BCUT2D eigenvalue weighted by molar-refractivity contribution is 5.89. The molecule has 2 fully saturated rings. The number of hydrogen-bond donors (Lipinski definition) is 0. The normalized spacial score (nSPS) is 29.3. The molecule has 4 rings (SSSR count). The van der Waals surface area contributed by atoms with Crippen LogP contribution in [0.15, 0.2) is 60.7 Å². The number of ether oxygens (including phenoxy) is 4. The van der Waals surface area contributed by atoms with Crippen molar-refractivity contribution in [3.05, 3.63) is 71.8 Å². The Balaban J connectivity index is 1.48. The molecule has 2 heterocycles. The number of rotatable bonds is 4. The van der Waals surface area contributed by atoms with Crippen LogP contribution in [0.3, 0.4) is 0 Å². The summed E-state index contributed by atoms with van der Waals surface area (Å²) in [4.78, 5) is 12.2. The van der Waals surface area contributed by atoms with Gasteiger partial charge in [-0.1, -0.05) is 48.5 Å². The summed E-state index contributed by atoms with van der Waals surface area (Å²) in [7, 11) is 0. The van der Waals surface area contributed by atoms with Gasteiger partial charge in [0.2, 0.25) is 0 Å². The molecule has 5 nitrogen and oxygen atoms in total. The molecule has 26 heavy (non-hydrogen) atoms. The number of carbonyl (C=O) groups excluding carboxylic acids is 1. The fraction of sp³-hybridized carbons (Fsp3) is 0.381. The van der Waals surface area contributed by atoms with Gasteiger partial charge in [-0.05, 0) is 31.5 Å². The zero-order valence-electron chi connectivity index (χ0n) is 14.8. The first-order chi connectivity index (χ1) is 12.5. The standard InChI is InChI=1S/C21H22O5/c1-21(2)25-18-16(13-23-20(22)15-11-7-4-8-12-15)24-17(19(18)26-21)14-9-5-3-6-10-14/h3-12,16-19H,13H2,1-2H3/t16-,17-,18-,19+/m1/s1. The second-order valence-electron chi connectivity index (χ2n) is 7.04. The molecular weight excluding hydrogens is 332 g/mol. The van der Waals surface area contributed by atoms with Gasteiger partial charge in [0.15, 0.2) is 5.79 Å². The first kappa shape index (κ1) is 17.2. The van der Waals surface area contributed by atoms with Crippen LogP contribution >= 0.6 is 0 Å². The predicted octanol–water partition coefficient (Wildman–Crippen LogP) is 3.50. The second-order valence-corrected chi connectivity index (χ2v) is 7.04. The van der Waals surface area contributed by atoms with Crippen molar-refractivity contribution in [3.8, 4) is 0 Å². The summed E-state index contributed by atoms with van der Waals surface area (Å²) in [5.74, 6) is -1.06. The van der Waals surface area contributed by atoms with Crippen molar-refractivity contribution in [3.63, 3.8) is 0 Å².